The number of carbonyl (C=O) groups is 2. The van der Waals surface area contributed by atoms with Crippen molar-refractivity contribution in [2.45, 2.75) is 42.4 Å². The lowest BCUT2D eigenvalue weighted by Crippen LogP contribution is -2.41. The van der Waals surface area contributed by atoms with Gasteiger partial charge in [0.25, 0.3) is 0 Å². The summed E-state index contributed by atoms with van der Waals surface area (Å²) >= 11 is 0. The highest BCUT2D eigenvalue weighted by Crippen LogP contribution is 2.46. The van der Waals surface area contributed by atoms with Crippen LogP contribution >= 0.6 is 0 Å². The van der Waals surface area contributed by atoms with E-state index < -0.39 is 15.8 Å². The highest BCUT2D eigenvalue weighted by molar-refractivity contribution is 7.91. The molecule has 37 heavy (non-hydrogen) atoms. The molecule has 1 heterocycles. The Balaban J connectivity index is 1.63. The third kappa shape index (κ3) is 4.51. The second-order valence-corrected chi connectivity index (χ2v) is 12.2. The van der Waals surface area contributed by atoms with Gasteiger partial charge in [-0.05, 0) is 41.7 Å². The average molecular weight is 513 g/mol. The van der Waals surface area contributed by atoms with Gasteiger partial charge in [-0.15, -0.1) is 0 Å². The molecule has 3 N–H and O–H groups in total. The maximum Gasteiger partial charge on any atom is 0.206 e. The summed E-state index contributed by atoms with van der Waals surface area (Å²) < 4.78 is 26.3. The predicted octanol–water partition coefficient (Wildman–Crippen LogP) is 4.90. The molecule has 0 amide bonds. The number of dihydropyridines is 1. The fourth-order valence-corrected chi connectivity index (χ4v) is 6.50. The largest absolute Gasteiger partial charge is 0.385 e. The zero-order chi connectivity index (χ0) is 26.4. The molecule has 0 saturated carbocycles. The minimum absolute atomic E-state index is 0.0457. The molecular weight excluding hydrogens is 484 g/mol. The normalized spacial score (nSPS) is 19.3. The monoisotopic (exact) mass is 512 g/mol. The maximum absolute atomic E-state index is 13.7. The van der Waals surface area contributed by atoms with Crippen LogP contribution in [0.5, 0.6) is 0 Å². The zero-order valence-corrected chi connectivity index (χ0v) is 21.5. The van der Waals surface area contributed by atoms with Crippen LogP contribution in [0.3, 0.4) is 0 Å². The fraction of sp³-hybridized carbons (Fsp3) is 0.200. The number of hydrogen-bond donors (Lipinski definition) is 2. The Kier molecular flexibility index (Phi) is 6.12. The van der Waals surface area contributed by atoms with Crippen molar-refractivity contribution >= 4 is 21.4 Å². The van der Waals surface area contributed by atoms with Gasteiger partial charge >= 0.3 is 0 Å². The van der Waals surface area contributed by atoms with Gasteiger partial charge in [0.1, 0.15) is 5.82 Å². The number of carbonyl (C=O) groups excluding carboxylic acids is 2. The van der Waals surface area contributed by atoms with Crippen LogP contribution in [0.4, 0.5) is 0 Å². The highest BCUT2D eigenvalue weighted by Gasteiger charge is 2.43. The smallest absolute Gasteiger partial charge is 0.206 e. The number of sulfone groups is 1. The van der Waals surface area contributed by atoms with Gasteiger partial charge in [0, 0.05) is 29.2 Å². The molecule has 1 aliphatic carbocycles. The summed E-state index contributed by atoms with van der Waals surface area (Å²) in [6.07, 6.45) is 0.954. The molecule has 7 heteroatoms. The van der Waals surface area contributed by atoms with Crippen molar-refractivity contribution < 1.29 is 18.0 Å². The van der Waals surface area contributed by atoms with E-state index >= 15 is 0 Å². The number of benzene rings is 3. The summed E-state index contributed by atoms with van der Waals surface area (Å²) in [6.45, 7) is 4.05. The van der Waals surface area contributed by atoms with Gasteiger partial charge in [-0.1, -0.05) is 74.5 Å². The zero-order valence-electron chi connectivity index (χ0n) is 20.7. The van der Waals surface area contributed by atoms with Gasteiger partial charge in [0.15, 0.2) is 11.6 Å². The van der Waals surface area contributed by atoms with Crippen molar-refractivity contribution in [3.05, 3.63) is 119 Å². The van der Waals surface area contributed by atoms with E-state index in [1.165, 1.54) is 12.1 Å². The third-order valence-electron chi connectivity index (χ3n) is 6.93. The first-order chi connectivity index (χ1) is 17.6. The Bertz CT molecular complexity index is 1550. The van der Waals surface area contributed by atoms with Crippen molar-refractivity contribution in [3.63, 3.8) is 0 Å². The van der Waals surface area contributed by atoms with Crippen LogP contribution in [0.1, 0.15) is 48.5 Å². The summed E-state index contributed by atoms with van der Waals surface area (Å²) in [5.74, 6) is -0.818. The van der Waals surface area contributed by atoms with Gasteiger partial charge in [0.05, 0.1) is 15.4 Å². The summed E-state index contributed by atoms with van der Waals surface area (Å²) in [7, 11) is -3.71. The van der Waals surface area contributed by atoms with Crippen LogP contribution in [-0.2, 0) is 14.6 Å². The number of nitrogens with two attached hydrogens (primary N) is 1. The molecule has 1 aliphatic heterocycles. The summed E-state index contributed by atoms with van der Waals surface area (Å²) in [5.41, 5.74) is 8.84. The van der Waals surface area contributed by atoms with Crippen LogP contribution in [0.15, 0.2) is 117 Å². The molecule has 0 radical (unpaired) electrons. The van der Waals surface area contributed by atoms with Gasteiger partial charge in [-0.2, -0.15) is 0 Å². The van der Waals surface area contributed by atoms with E-state index in [0.717, 1.165) is 0 Å². The lowest BCUT2D eigenvalue weighted by molar-refractivity contribution is -0.118. The fourth-order valence-electron chi connectivity index (χ4n) is 5.22. The molecule has 188 valence electrons. The molecule has 1 unspecified atom stereocenters. The third-order valence-corrected chi connectivity index (χ3v) is 8.72. The van der Waals surface area contributed by atoms with E-state index in [-0.39, 0.29) is 38.2 Å². The molecule has 3 aromatic carbocycles. The number of hydrogen-bond acceptors (Lipinski definition) is 6. The number of allylic oxidation sites excluding steroid dienone is 3. The van der Waals surface area contributed by atoms with Gasteiger partial charge in [-0.3, -0.25) is 9.59 Å². The molecule has 0 fully saturated rings. The van der Waals surface area contributed by atoms with Gasteiger partial charge in [-0.25, -0.2) is 8.42 Å². The number of nitrogens with one attached hydrogen (secondary N) is 1. The topological polar surface area (TPSA) is 106 Å². The lowest BCUT2D eigenvalue weighted by Gasteiger charge is -2.39. The highest BCUT2D eigenvalue weighted by atomic mass is 32.2. The minimum atomic E-state index is -3.71. The van der Waals surface area contributed by atoms with Crippen molar-refractivity contribution in [2.75, 3.05) is 0 Å². The molecule has 5 rings (SSSR count). The number of rotatable bonds is 5. The summed E-state index contributed by atoms with van der Waals surface area (Å²) in [6, 6.07) is 23.4. The Morgan fingerprint density at radius 2 is 1.43 bits per heavy atom. The molecule has 2 aliphatic rings. The number of ketones is 2. The van der Waals surface area contributed by atoms with E-state index in [4.69, 9.17) is 5.73 Å². The SMILES string of the molecule is CC1(C)CC(=O)C2=C(C1)NC(N)=C(C(=O)c1ccccc1)C2c1ccc(S(=O)(=O)c2ccccc2)cc1. The van der Waals surface area contributed by atoms with E-state index in [2.05, 4.69) is 5.32 Å². The van der Waals surface area contributed by atoms with Crippen LogP contribution in [-0.4, -0.2) is 20.0 Å². The maximum atomic E-state index is 13.7. The van der Waals surface area contributed by atoms with Crippen molar-refractivity contribution in [2.24, 2.45) is 11.1 Å². The quantitative estimate of drug-likeness (QED) is 0.471. The Morgan fingerprint density at radius 3 is 2.05 bits per heavy atom. The van der Waals surface area contributed by atoms with Gasteiger partial charge in [0.2, 0.25) is 9.84 Å². The second-order valence-electron chi connectivity index (χ2n) is 10.3. The van der Waals surface area contributed by atoms with E-state index in [1.807, 2.05) is 19.9 Å². The molecule has 0 bridgehead atoms. The molecule has 0 aromatic heterocycles. The van der Waals surface area contributed by atoms with Crippen LogP contribution < -0.4 is 11.1 Å². The summed E-state index contributed by atoms with van der Waals surface area (Å²) in [5, 5.41) is 3.16. The van der Waals surface area contributed by atoms with Crippen LogP contribution in [0, 0.1) is 5.41 Å². The Morgan fingerprint density at radius 1 is 0.865 bits per heavy atom. The summed E-state index contributed by atoms with van der Waals surface area (Å²) in [4.78, 5) is 27.5. The van der Waals surface area contributed by atoms with Crippen molar-refractivity contribution in [3.8, 4) is 0 Å². The second kappa shape index (κ2) is 9.16. The van der Waals surface area contributed by atoms with E-state index in [1.54, 1.807) is 66.7 Å². The predicted molar refractivity (Wildman–Crippen MR) is 141 cm³/mol. The Labute approximate surface area is 216 Å². The van der Waals surface area contributed by atoms with E-state index in [9.17, 15) is 18.0 Å². The lowest BCUT2D eigenvalue weighted by atomic mass is 9.68. The minimum Gasteiger partial charge on any atom is -0.385 e. The van der Waals surface area contributed by atoms with Gasteiger partial charge < -0.3 is 11.1 Å². The van der Waals surface area contributed by atoms with E-state index in [0.29, 0.717) is 35.2 Å². The first-order valence-corrected chi connectivity index (χ1v) is 13.6. The molecule has 0 saturated heterocycles. The van der Waals surface area contributed by atoms with Crippen LogP contribution in [0.25, 0.3) is 0 Å². The molecular formula is C30H28N2O4S. The first-order valence-electron chi connectivity index (χ1n) is 12.1. The Hall–Kier alpha value is -3.97. The van der Waals surface area contributed by atoms with Crippen molar-refractivity contribution in [1.29, 1.82) is 0 Å². The molecule has 1 atom stereocenters. The molecule has 6 nitrogen and oxygen atoms in total. The average Bonchev–Trinajstić information content (AvgIpc) is 2.88. The molecule has 3 aromatic rings. The van der Waals surface area contributed by atoms with Crippen LogP contribution in [0.2, 0.25) is 0 Å². The molecule has 0 spiro atoms. The number of Topliss-reactive ketones (excluding diaryl/α,β-unsaturated/α-hetero) is 2. The van der Waals surface area contributed by atoms with Crippen molar-refractivity contribution in [1.82, 2.24) is 5.32 Å². The standard InChI is InChI=1S/C30H28N2O4S/c1-30(2)17-23-26(24(33)18-30)25(27(29(31)32-23)28(34)20-9-5-3-6-10-20)19-13-15-22(16-14-19)37(35,36)21-11-7-4-8-12-21/h3-16,25,32H,17-18,31H2,1-2H3. The first kappa shape index (κ1) is 24.7.